The summed E-state index contributed by atoms with van der Waals surface area (Å²) in [7, 11) is 0. The molecule has 0 aliphatic carbocycles. The van der Waals surface area contributed by atoms with E-state index in [9.17, 15) is 4.79 Å². The van der Waals surface area contributed by atoms with Crippen LogP contribution < -0.4 is 5.32 Å². The molecule has 5 heteroatoms. The first-order chi connectivity index (χ1) is 18.1. The molecule has 3 aromatic carbocycles. The quantitative estimate of drug-likeness (QED) is 0.193. The molecule has 0 unspecified atom stereocenters. The highest BCUT2D eigenvalue weighted by molar-refractivity contribution is 7.09. The largest absolute Gasteiger partial charge is 0.351 e. The van der Waals surface area contributed by atoms with E-state index in [0.29, 0.717) is 18.2 Å². The lowest BCUT2D eigenvalue weighted by Gasteiger charge is -2.25. The molecule has 0 bridgehead atoms. The Morgan fingerprint density at radius 2 is 1.57 bits per heavy atom. The maximum absolute atomic E-state index is 12.5. The Morgan fingerprint density at radius 3 is 2.19 bits per heavy atom. The van der Waals surface area contributed by atoms with E-state index >= 15 is 0 Å². The normalized spacial score (nSPS) is 11.2. The minimum Gasteiger partial charge on any atom is -0.351 e. The molecule has 0 saturated carbocycles. The molecule has 0 fully saturated rings. The van der Waals surface area contributed by atoms with Crippen molar-refractivity contribution in [3.8, 4) is 0 Å². The summed E-state index contributed by atoms with van der Waals surface area (Å²) in [6.07, 6.45) is 3.04. The van der Waals surface area contributed by atoms with Gasteiger partial charge in [0.05, 0.1) is 6.54 Å². The first-order valence-electron chi connectivity index (χ1n) is 13.2. The van der Waals surface area contributed by atoms with Crippen molar-refractivity contribution in [3.63, 3.8) is 0 Å². The lowest BCUT2D eigenvalue weighted by molar-refractivity contribution is 0.0948. The minimum absolute atomic E-state index is 0.0748. The Kier molecular flexibility index (Phi) is 10.0. The SMILES string of the molecule is CCCCNC(=O)c1csc(CN(CCC(c2ccccc2)c2ccccc2)Cc2ccc(C)cc2)n1. The fourth-order valence-electron chi connectivity index (χ4n) is 4.52. The molecule has 0 saturated heterocycles. The van der Waals surface area contributed by atoms with E-state index in [1.54, 1.807) is 11.3 Å². The zero-order chi connectivity index (χ0) is 25.9. The van der Waals surface area contributed by atoms with Crippen LogP contribution in [0.15, 0.2) is 90.3 Å². The van der Waals surface area contributed by atoms with Gasteiger partial charge in [0, 0.05) is 24.4 Å². The van der Waals surface area contributed by atoms with Crippen molar-refractivity contribution in [3.05, 3.63) is 123 Å². The van der Waals surface area contributed by atoms with E-state index in [1.165, 1.54) is 22.3 Å². The first-order valence-corrected chi connectivity index (χ1v) is 14.1. The lowest BCUT2D eigenvalue weighted by atomic mass is 9.88. The topological polar surface area (TPSA) is 45.2 Å². The summed E-state index contributed by atoms with van der Waals surface area (Å²) in [6, 6.07) is 30.3. The molecule has 4 aromatic rings. The molecular weight excluding hydrogens is 474 g/mol. The van der Waals surface area contributed by atoms with Crippen molar-refractivity contribution in [1.82, 2.24) is 15.2 Å². The average molecular weight is 512 g/mol. The first kappa shape index (κ1) is 26.8. The van der Waals surface area contributed by atoms with E-state index in [-0.39, 0.29) is 5.91 Å². The summed E-state index contributed by atoms with van der Waals surface area (Å²) in [5, 5.41) is 5.84. The van der Waals surface area contributed by atoms with Gasteiger partial charge in [-0.1, -0.05) is 104 Å². The summed E-state index contributed by atoms with van der Waals surface area (Å²) in [5.41, 5.74) is 5.75. The zero-order valence-electron chi connectivity index (χ0n) is 21.9. The van der Waals surface area contributed by atoms with Gasteiger partial charge in [-0.15, -0.1) is 11.3 Å². The average Bonchev–Trinajstić information content (AvgIpc) is 3.40. The Labute approximate surface area is 225 Å². The molecule has 1 amide bonds. The molecule has 192 valence electrons. The zero-order valence-corrected chi connectivity index (χ0v) is 22.7. The van der Waals surface area contributed by atoms with Crippen molar-refractivity contribution in [2.75, 3.05) is 13.1 Å². The fraction of sp³-hybridized carbons (Fsp3) is 0.312. The molecule has 1 N–H and O–H groups in total. The van der Waals surface area contributed by atoms with Crippen molar-refractivity contribution in [1.29, 1.82) is 0 Å². The summed E-state index contributed by atoms with van der Waals surface area (Å²) in [6.45, 7) is 7.41. The van der Waals surface area contributed by atoms with Crippen LogP contribution in [0.4, 0.5) is 0 Å². The van der Waals surface area contributed by atoms with Crippen LogP contribution in [0.1, 0.15) is 69.9 Å². The molecule has 0 aliphatic heterocycles. The van der Waals surface area contributed by atoms with Gasteiger partial charge in [-0.3, -0.25) is 9.69 Å². The number of hydrogen-bond donors (Lipinski definition) is 1. The van der Waals surface area contributed by atoms with E-state index in [4.69, 9.17) is 4.98 Å². The molecule has 1 aromatic heterocycles. The van der Waals surface area contributed by atoms with E-state index in [2.05, 4.69) is 109 Å². The smallest absolute Gasteiger partial charge is 0.270 e. The molecule has 0 radical (unpaired) electrons. The van der Waals surface area contributed by atoms with Crippen molar-refractivity contribution in [2.24, 2.45) is 0 Å². The molecule has 0 aliphatic rings. The van der Waals surface area contributed by atoms with Crippen LogP contribution >= 0.6 is 11.3 Å². The van der Waals surface area contributed by atoms with Gasteiger partial charge in [-0.25, -0.2) is 4.98 Å². The van der Waals surface area contributed by atoms with Gasteiger partial charge in [0.15, 0.2) is 0 Å². The second kappa shape index (κ2) is 13.9. The number of rotatable bonds is 13. The number of carbonyl (C=O) groups excluding carboxylic acids is 1. The van der Waals surface area contributed by atoms with Crippen LogP contribution in [0.2, 0.25) is 0 Å². The summed E-state index contributed by atoms with van der Waals surface area (Å²) in [4.78, 5) is 19.6. The van der Waals surface area contributed by atoms with Crippen LogP contribution in [0.5, 0.6) is 0 Å². The number of aromatic nitrogens is 1. The van der Waals surface area contributed by atoms with E-state index < -0.39 is 0 Å². The van der Waals surface area contributed by atoms with Crippen LogP contribution in [0.25, 0.3) is 0 Å². The number of nitrogens with one attached hydrogen (secondary N) is 1. The van der Waals surface area contributed by atoms with Crippen LogP contribution in [-0.2, 0) is 13.1 Å². The van der Waals surface area contributed by atoms with Crippen LogP contribution in [0, 0.1) is 6.92 Å². The highest BCUT2D eigenvalue weighted by Crippen LogP contribution is 2.29. The third-order valence-corrected chi connectivity index (χ3v) is 7.46. The van der Waals surface area contributed by atoms with Gasteiger partial charge in [-0.05, 0) is 43.0 Å². The maximum Gasteiger partial charge on any atom is 0.270 e. The second-order valence-corrected chi connectivity index (χ2v) is 10.5. The lowest BCUT2D eigenvalue weighted by Crippen LogP contribution is -2.26. The number of nitrogens with zero attached hydrogens (tertiary/aromatic N) is 2. The minimum atomic E-state index is -0.0748. The van der Waals surface area contributed by atoms with Gasteiger partial charge in [0.25, 0.3) is 5.91 Å². The molecule has 0 atom stereocenters. The summed E-state index contributed by atoms with van der Waals surface area (Å²) in [5.74, 6) is 0.244. The van der Waals surface area contributed by atoms with Gasteiger partial charge in [0.2, 0.25) is 0 Å². The Hall–Kier alpha value is -3.28. The molecule has 0 spiro atoms. The standard InChI is InChI=1S/C32H37N3OS/c1-3-4-20-33-32(36)30-24-37-31(34-30)23-35(22-26-17-15-25(2)16-18-26)21-19-29(27-11-7-5-8-12-27)28-13-9-6-10-14-28/h5-18,24,29H,3-4,19-23H2,1-2H3,(H,33,36). The highest BCUT2D eigenvalue weighted by atomic mass is 32.1. The maximum atomic E-state index is 12.5. The summed E-state index contributed by atoms with van der Waals surface area (Å²) >= 11 is 1.57. The van der Waals surface area contributed by atoms with Gasteiger partial charge >= 0.3 is 0 Å². The fourth-order valence-corrected chi connectivity index (χ4v) is 5.34. The third kappa shape index (κ3) is 8.11. The number of benzene rings is 3. The van der Waals surface area contributed by atoms with Crippen molar-refractivity contribution >= 4 is 17.2 Å². The second-order valence-electron chi connectivity index (χ2n) is 9.59. The number of aryl methyl sites for hydroxylation is 1. The predicted octanol–water partition coefficient (Wildman–Crippen LogP) is 7.21. The Morgan fingerprint density at radius 1 is 0.919 bits per heavy atom. The van der Waals surface area contributed by atoms with Crippen LogP contribution in [-0.4, -0.2) is 28.9 Å². The monoisotopic (exact) mass is 511 g/mol. The Bertz CT molecular complexity index is 1180. The highest BCUT2D eigenvalue weighted by Gasteiger charge is 2.18. The van der Waals surface area contributed by atoms with E-state index in [1.807, 2.05) is 5.38 Å². The number of carbonyl (C=O) groups is 1. The molecule has 4 rings (SSSR count). The number of amides is 1. The third-order valence-electron chi connectivity index (χ3n) is 6.62. The van der Waals surface area contributed by atoms with Crippen LogP contribution in [0.3, 0.4) is 0 Å². The van der Waals surface area contributed by atoms with Crippen molar-refractivity contribution in [2.45, 2.75) is 52.1 Å². The number of hydrogen-bond acceptors (Lipinski definition) is 4. The van der Waals surface area contributed by atoms with E-state index in [0.717, 1.165) is 43.9 Å². The molecular formula is C32H37N3OS. The van der Waals surface area contributed by atoms with Gasteiger partial charge < -0.3 is 5.32 Å². The molecule has 37 heavy (non-hydrogen) atoms. The number of unbranched alkanes of at least 4 members (excludes halogenated alkanes) is 1. The number of thiazole rings is 1. The predicted molar refractivity (Wildman–Crippen MR) is 154 cm³/mol. The molecule has 1 heterocycles. The van der Waals surface area contributed by atoms with Crippen molar-refractivity contribution < 1.29 is 4.79 Å². The van der Waals surface area contributed by atoms with Gasteiger partial charge in [-0.2, -0.15) is 0 Å². The Balaban J connectivity index is 1.50. The van der Waals surface area contributed by atoms with Gasteiger partial charge in [0.1, 0.15) is 10.7 Å². The molecule has 4 nitrogen and oxygen atoms in total. The summed E-state index contributed by atoms with van der Waals surface area (Å²) < 4.78 is 0.